The van der Waals surface area contributed by atoms with Crippen LogP contribution in [-0.2, 0) is 17.6 Å². The van der Waals surface area contributed by atoms with Gasteiger partial charge in [0.2, 0.25) is 0 Å². The molecule has 0 radical (unpaired) electrons. The lowest BCUT2D eigenvalue weighted by Crippen LogP contribution is -2.21. The van der Waals surface area contributed by atoms with E-state index in [1.165, 1.54) is 18.2 Å². The van der Waals surface area contributed by atoms with Crippen molar-refractivity contribution in [1.29, 1.82) is 0 Å². The summed E-state index contributed by atoms with van der Waals surface area (Å²) >= 11 is 0. The smallest absolute Gasteiger partial charge is 0.387 e. The maximum absolute atomic E-state index is 13.0. The predicted octanol–water partition coefficient (Wildman–Crippen LogP) is 6.36. The van der Waals surface area contributed by atoms with Crippen molar-refractivity contribution in [2.24, 2.45) is 5.92 Å². The van der Waals surface area contributed by atoms with Crippen LogP contribution >= 0.6 is 0 Å². The number of pyridine rings is 2. The molecular formula is C27H26F4N2O3. The average molecular weight is 503 g/mol. The summed E-state index contributed by atoms with van der Waals surface area (Å²) in [6.07, 6.45) is 9.62. The normalized spacial score (nSPS) is 16.8. The third kappa shape index (κ3) is 6.80. The topological polar surface area (TPSA) is 61.3 Å². The van der Waals surface area contributed by atoms with Crippen LogP contribution in [0, 0.1) is 5.92 Å². The molecule has 3 aromatic rings. The minimum Gasteiger partial charge on any atom is -0.431 e. The molecule has 190 valence electrons. The van der Waals surface area contributed by atoms with Gasteiger partial charge in [-0.1, -0.05) is 18.6 Å². The molecule has 5 nitrogen and oxygen atoms in total. The van der Waals surface area contributed by atoms with Crippen molar-refractivity contribution >= 4 is 5.78 Å². The van der Waals surface area contributed by atoms with Crippen molar-refractivity contribution in [3.8, 4) is 11.5 Å². The number of rotatable bonds is 10. The molecule has 0 bridgehead atoms. The Labute approximate surface area is 206 Å². The maximum atomic E-state index is 13.0. The molecule has 1 aromatic carbocycles. The third-order valence-electron chi connectivity index (χ3n) is 6.36. The fourth-order valence-corrected chi connectivity index (χ4v) is 4.59. The van der Waals surface area contributed by atoms with E-state index in [2.05, 4.69) is 19.4 Å². The molecule has 0 saturated heterocycles. The van der Waals surface area contributed by atoms with E-state index in [0.29, 0.717) is 36.3 Å². The molecule has 0 N–H and O–H groups in total. The Morgan fingerprint density at radius 1 is 0.889 bits per heavy atom. The zero-order valence-electron chi connectivity index (χ0n) is 19.5. The van der Waals surface area contributed by atoms with Gasteiger partial charge in [-0.2, -0.15) is 17.6 Å². The second-order valence-corrected chi connectivity index (χ2v) is 8.78. The highest BCUT2D eigenvalue weighted by Crippen LogP contribution is 2.36. The summed E-state index contributed by atoms with van der Waals surface area (Å²) < 4.78 is 60.4. The number of carbonyl (C=O) groups excluding carboxylic acids is 1. The van der Waals surface area contributed by atoms with Crippen LogP contribution in [0.2, 0.25) is 0 Å². The number of aromatic nitrogens is 2. The first kappa shape index (κ1) is 25.6. The Morgan fingerprint density at radius 3 is 2.31 bits per heavy atom. The Bertz CT molecular complexity index is 1140. The predicted molar refractivity (Wildman–Crippen MR) is 124 cm³/mol. The minimum atomic E-state index is -3.21. The zero-order valence-corrected chi connectivity index (χ0v) is 19.5. The van der Waals surface area contributed by atoms with Crippen LogP contribution in [0.3, 0.4) is 0 Å². The summed E-state index contributed by atoms with van der Waals surface area (Å²) in [6.45, 7) is -6.40. The lowest BCUT2D eigenvalue weighted by atomic mass is 9.83. The van der Waals surface area contributed by atoms with E-state index in [1.807, 2.05) is 24.3 Å². The molecule has 2 unspecified atom stereocenters. The van der Waals surface area contributed by atoms with Crippen LogP contribution in [-0.4, -0.2) is 29.0 Å². The van der Waals surface area contributed by atoms with E-state index in [4.69, 9.17) is 0 Å². The van der Waals surface area contributed by atoms with Crippen molar-refractivity contribution in [3.05, 3.63) is 83.4 Å². The molecule has 1 aliphatic rings. The number of nitrogens with zero attached hydrogens (tertiary/aromatic N) is 2. The van der Waals surface area contributed by atoms with Crippen LogP contribution in [0.15, 0.2) is 61.1 Å². The van der Waals surface area contributed by atoms with Crippen molar-refractivity contribution in [2.75, 3.05) is 0 Å². The summed E-state index contributed by atoms with van der Waals surface area (Å²) in [5.41, 5.74) is 3.09. The van der Waals surface area contributed by atoms with E-state index in [9.17, 15) is 22.4 Å². The van der Waals surface area contributed by atoms with Gasteiger partial charge in [-0.25, -0.2) is 0 Å². The van der Waals surface area contributed by atoms with Gasteiger partial charge in [0.15, 0.2) is 11.5 Å². The molecule has 2 heterocycles. The highest BCUT2D eigenvalue weighted by Gasteiger charge is 2.24. The molecule has 1 saturated carbocycles. The molecule has 4 rings (SSSR count). The molecule has 0 aliphatic heterocycles. The van der Waals surface area contributed by atoms with Crippen LogP contribution in [0.1, 0.15) is 54.0 Å². The fourth-order valence-electron chi connectivity index (χ4n) is 4.59. The van der Waals surface area contributed by atoms with Crippen molar-refractivity contribution in [2.45, 2.75) is 57.7 Å². The van der Waals surface area contributed by atoms with Crippen LogP contribution in [0.25, 0.3) is 0 Å². The quantitative estimate of drug-likeness (QED) is 0.302. The third-order valence-corrected chi connectivity index (χ3v) is 6.36. The highest BCUT2D eigenvalue weighted by molar-refractivity contribution is 5.81. The number of halogens is 4. The molecule has 2 atom stereocenters. The van der Waals surface area contributed by atoms with Gasteiger partial charge in [-0.15, -0.1) is 0 Å². The van der Waals surface area contributed by atoms with E-state index in [-0.39, 0.29) is 5.92 Å². The number of ether oxygens (including phenoxy) is 2. The van der Waals surface area contributed by atoms with Gasteiger partial charge in [0.05, 0.1) is 0 Å². The van der Waals surface area contributed by atoms with E-state index < -0.39 is 30.6 Å². The molecular weight excluding hydrogens is 476 g/mol. The number of carbonyl (C=O) groups is 1. The molecule has 0 amide bonds. The van der Waals surface area contributed by atoms with Gasteiger partial charge in [0.1, 0.15) is 5.78 Å². The largest absolute Gasteiger partial charge is 0.431 e. The van der Waals surface area contributed by atoms with Gasteiger partial charge < -0.3 is 9.47 Å². The minimum absolute atomic E-state index is 0.00967. The van der Waals surface area contributed by atoms with Crippen LogP contribution < -0.4 is 9.47 Å². The van der Waals surface area contributed by atoms with Crippen LogP contribution in [0.5, 0.6) is 11.5 Å². The molecule has 0 spiro atoms. The standard InChI is InChI=1S/C27H26F4N2O3/c28-26(29)35-24-8-6-19(15-25(24)36-27(30)31)21(14-17-9-11-32-12-10-17)22-7-5-18(16-33-22)13-20-3-1-2-4-23(20)34/h5-12,15-16,20-21,26-27H,1-4,13-14H2. The monoisotopic (exact) mass is 502 g/mol. The summed E-state index contributed by atoms with van der Waals surface area (Å²) in [7, 11) is 0. The second-order valence-electron chi connectivity index (χ2n) is 8.78. The maximum Gasteiger partial charge on any atom is 0.387 e. The first-order chi connectivity index (χ1) is 17.4. The zero-order chi connectivity index (χ0) is 25.5. The lowest BCUT2D eigenvalue weighted by molar-refractivity contribution is -0.124. The SMILES string of the molecule is O=C1CCCCC1Cc1ccc(C(Cc2ccncc2)c2ccc(OC(F)F)c(OC(F)F)c2)nc1. The summed E-state index contributed by atoms with van der Waals surface area (Å²) in [5.74, 6) is -1.04. The Kier molecular flexibility index (Phi) is 8.51. The number of hydrogen-bond acceptors (Lipinski definition) is 5. The second kappa shape index (κ2) is 12.0. The first-order valence-corrected chi connectivity index (χ1v) is 11.8. The van der Waals surface area contributed by atoms with Crippen LogP contribution in [0.4, 0.5) is 17.6 Å². The number of ketones is 1. The first-order valence-electron chi connectivity index (χ1n) is 11.8. The number of alkyl halides is 4. The Hall–Kier alpha value is -3.49. The highest BCUT2D eigenvalue weighted by atomic mass is 19.3. The molecule has 1 aliphatic carbocycles. The molecule has 2 aromatic heterocycles. The van der Waals surface area contributed by atoms with E-state index in [1.54, 1.807) is 18.6 Å². The van der Waals surface area contributed by atoms with Gasteiger partial charge in [-0.05, 0) is 72.7 Å². The number of Topliss-reactive ketones (excluding diaryl/α,β-unsaturated/α-hetero) is 1. The fraction of sp³-hybridized carbons (Fsp3) is 0.370. The number of benzene rings is 1. The van der Waals surface area contributed by atoms with Crippen molar-refractivity contribution in [3.63, 3.8) is 0 Å². The van der Waals surface area contributed by atoms with Gasteiger partial charge in [0.25, 0.3) is 0 Å². The van der Waals surface area contributed by atoms with E-state index >= 15 is 0 Å². The van der Waals surface area contributed by atoms with Gasteiger partial charge >= 0.3 is 13.2 Å². The van der Waals surface area contributed by atoms with Gasteiger partial charge in [-0.3, -0.25) is 14.8 Å². The average Bonchev–Trinajstić information content (AvgIpc) is 2.86. The van der Waals surface area contributed by atoms with E-state index in [0.717, 1.165) is 30.4 Å². The Balaban J connectivity index is 1.64. The lowest BCUT2D eigenvalue weighted by Gasteiger charge is -2.22. The molecule has 9 heteroatoms. The van der Waals surface area contributed by atoms with Gasteiger partial charge in [0, 0.05) is 42.5 Å². The Morgan fingerprint density at radius 2 is 1.64 bits per heavy atom. The summed E-state index contributed by atoms with van der Waals surface area (Å²) in [5, 5.41) is 0. The van der Waals surface area contributed by atoms with Crippen molar-refractivity contribution in [1.82, 2.24) is 9.97 Å². The molecule has 36 heavy (non-hydrogen) atoms. The van der Waals surface area contributed by atoms with Crippen molar-refractivity contribution < 1.29 is 31.8 Å². The number of hydrogen-bond donors (Lipinski definition) is 0. The molecule has 1 fully saturated rings. The summed E-state index contributed by atoms with van der Waals surface area (Å²) in [6, 6.07) is 11.5. The summed E-state index contributed by atoms with van der Waals surface area (Å²) in [4.78, 5) is 20.9.